The molecule has 1 aromatic rings. The Bertz CT molecular complexity index is 328. The van der Waals surface area contributed by atoms with E-state index in [4.69, 9.17) is 15.6 Å². The standard InChI is InChI=1S/C11H18N2O2/c1-8(7-14)13(2)9-5-4-6-10(15-3)11(9)12/h4-6,8,14H,7,12H2,1-3H3. The third kappa shape index (κ3) is 2.33. The minimum atomic E-state index is 0.0272. The van der Waals surface area contributed by atoms with Crippen molar-refractivity contribution in [2.24, 2.45) is 0 Å². The lowest BCUT2D eigenvalue weighted by Crippen LogP contribution is -2.32. The number of para-hydroxylation sites is 1. The van der Waals surface area contributed by atoms with Crippen molar-refractivity contribution in [2.45, 2.75) is 13.0 Å². The first kappa shape index (κ1) is 11.7. The summed E-state index contributed by atoms with van der Waals surface area (Å²) in [4.78, 5) is 1.93. The van der Waals surface area contributed by atoms with E-state index in [1.165, 1.54) is 0 Å². The van der Waals surface area contributed by atoms with Crippen LogP contribution in [0.2, 0.25) is 0 Å². The first-order valence-corrected chi connectivity index (χ1v) is 4.88. The van der Waals surface area contributed by atoms with Gasteiger partial charge >= 0.3 is 0 Å². The molecule has 0 amide bonds. The molecule has 0 bridgehead atoms. The highest BCUT2D eigenvalue weighted by molar-refractivity contribution is 5.74. The van der Waals surface area contributed by atoms with Gasteiger partial charge in [0.05, 0.1) is 25.1 Å². The number of aliphatic hydroxyl groups excluding tert-OH is 1. The van der Waals surface area contributed by atoms with E-state index in [1.54, 1.807) is 7.11 Å². The molecule has 0 saturated carbocycles. The third-order valence-corrected chi connectivity index (χ3v) is 2.57. The summed E-state index contributed by atoms with van der Waals surface area (Å²) in [6.45, 7) is 2.02. The Hall–Kier alpha value is -1.42. The molecule has 0 aromatic heterocycles. The van der Waals surface area contributed by atoms with E-state index in [2.05, 4.69) is 0 Å². The summed E-state index contributed by atoms with van der Waals surface area (Å²) in [5.74, 6) is 0.657. The Balaban J connectivity index is 3.03. The fraction of sp³-hybridized carbons (Fsp3) is 0.455. The number of rotatable bonds is 4. The van der Waals surface area contributed by atoms with Crippen molar-refractivity contribution < 1.29 is 9.84 Å². The number of nitrogens with two attached hydrogens (primary N) is 1. The maximum absolute atomic E-state index is 9.07. The van der Waals surface area contributed by atoms with Gasteiger partial charge in [-0.1, -0.05) is 6.07 Å². The predicted octanol–water partition coefficient (Wildman–Crippen LogP) is 1.09. The van der Waals surface area contributed by atoms with Gasteiger partial charge in [-0.3, -0.25) is 0 Å². The molecule has 1 aromatic carbocycles. The van der Waals surface area contributed by atoms with Gasteiger partial charge in [0, 0.05) is 13.1 Å². The topological polar surface area (TPSA) is 58.7 Å². The molecule has 0 heterocycles. The molecule has 4 nitrogen and oxygen atoms in total. The van der Waals surface area contributed by atoms with Gasteiger partial charge in [-0.2, -0.15) is 0 Å². The van der Waals surface area contributed by atoms with Gasteiger partial charge < -0.3 is 20.5 Å². The summed E-state index contributed by atoms with van der Waals surface area (Å²) in [6, 6.07) is 5.63. The van der Waals surface area contributed by atoms with Crippen molar-refractivity contribution in [2.75, 3.05) is 31.4 Å². The Labute approximate surface area is 90.3 Å². The molecule has 0 aliphatic carbocycles. The average molecular weight is 210 g/mol. The summed E-state index contributed by atoms with van der Waals surface area (Å²) in [7, 11) is 3.48. The Morgan fingerprint density at radius 2 is 2.20 bits per heavy atom. The van der Waals surface area contributed by atoms with E-state index in [0.29, 0.717) is 11.4 Å². The number of anilines is 2. The predicted molar refractivity (Wildman–Crippen MR) is 62.4 cm³/mol. The van der Waals surface area contributed by atoms with E-state index in [9.17, 15) is 0 Å². The molecular formula is C11H18N2O2. The fourth-order valence-corrected chi connectivity index (χ4v) is 1.38. The molecule has 0 aliphatic rings. The van der Waals surface area contributed by atoms with Crippen LogP contribution in [-0.2, 0) is 0 Å². The van der Waals surface area contributed by atoms with Crippen LogP contribution in [0.15, 0.2) is 18.2 Å². The quantitative estimate of drug-likeness (QED) is 0.730. The molecule has 4 heteroatoms. The minimum Gasteiger partial charge on any atom is -0.495 e. The molecule has 0 saturated heterocycles. The zero-order chi connectivity index (χ0) is 11.4. The highest BCUT2D eigenvalue weighted by Gasteiger charge is 2.13. The SMILES string of the molecule is COc1cccc(N(C)C(C)CO)c1N. The van der Waals surface area contributed by atoms with Crippen molar-refractivity contribution >= 4 is 11.4 Å². The number of ether oxygens (including phenoxy) is 1. The van der Waals surface area contributed by atoms with E-state index >= 15 is 0 Å². The summed E-state index contributed by atoms with van der Waals surface area (Å²) >= 11 is 0. The van der Waals surface area contributed by atoms with Crippen molar-refractivity contribution in [3.63, 3.8) is 0 Å². The molecule has 0 fully saturated rings. The number of nitrogens with zero attached hydrogens (tertiary/aromatic N) is 1. The van der Waals surface area contributed by atoms with Gasteiger partial charge in [0.2, 0.25) is 0 Å². The molecule has 84 valence electrons. The van der Waals surface area contributed by atoms with E-state index in [0.717, 1.165) is 5.69 Å². The van der Waals surface area contributed by atoms with Gasteiger partial charge in [-0.25, -0.2) is 0 Å². The molecule has 0 spiro atoms. The minimum absolute atomic E-state index is 0.0272. The second kappa shape index (κ2) is 4.89. The van der Waals surface area contributed by atoms with Gasteiger partial charge in [0.1, 0.15) is 5.75 Å². The summed E-state index contributed by atoms with van der Waals surface area (Å²) in [5, 5.41) is 9.07. The number of hydrogen-bond acceptors (Lipinski definition) is 4. The van der Waals surface area contributed by atoms with Crippen LogP contribution in [0.5, 0.6) is 5.75 Å². The molecule has 15 heavy (non-hydrogen) atoms. The van der Waals surface area contributed by atoms with Gasteiger partial charge in [-0.15, -0.1) is 0 Å². The van der Waals surface area contributed by atoms with Crippen LogP contribution in [-0.4, -0.2) is 31.9 Å². The third-order valence-electron chi connectivity index (χ3n) is 2.57. The largest absolute Gasteiger partial charge is 0.495 e. The maximum atomic E-state index is 9.07. The Kier molecular flexibility index (Phi) is 3.80. The van der Waals surface area contributed by atoms with Crippen LogP contribution >= 0.6 is 0 Å². The first-order chi connectivity index (χ1) is 7.11. The number of nitrogen functional groups attached to an aromatic ring is 1. The molecule has 1 rings (SSSR count). The molecule has 3 N–H and O–H groups in total. The van der Waals surface area contributed by atoms with Gasteiger partial charge in [0.25, 0.3) is 0 Å². The highest BCUT2D eigenvalue weighted by atomic mass is 16.5. The summed E-state index contributed by atoms with van der Waals surface area (Å²) in [6.07, 6.45) is 0. The van der Waals surface area contributed by atoms with Crippen molar-refractivity contribution in [3.8, 4) is 5.75 Å². The highest BCUT2D eigenvalue weighted by Crippen LogP contribution is 2.31. The lowest BCUT2D eigenvalue weighted by atomic mass is 10.2. The van der Waals surface area contributed by atoms with Crippen LogP contribution in [0, 0.1) is 0 Å². The molecular weight excluding hydrogens is 192 g/mol. The number of likely N-dealkylation sites (N-methyl/N-ethyl adjacent to an activating group) is 1. The molecule has 0 radical (unpaired) electrons. The second-order valence-electron chi connectivity index (χ2n) is 3.54. The molecule has 1 atom stereocenters. The van der Waals surface area contributed by atoms with Gasteiger partial charge in [-0.05, 0) is 19.1 Å². The smallest absolute Gasteiger partial charge is 0.143 e. The van der Waals surface area contributed by atoms with Crippen LogP contribution < -0.4 is 15.4 Å². The van der Waals surface area contributed by atoms with Crippen molar-refractivity contribution in [1.82, 2.24) is 0 Å². The maximum Gasteiger partial charge on any atom is 0.143 e. The first-order valence-electron chi connectivity index (χ1n) is 4.88. The van der Waals surface area contributed by atoms with Gasteiger partial charge in [0.15, 0.2) is 0 Å². The zero-order valence-corrected chi connectivity index (χ0v) is 9.40. The lowest BCUT2D eigenvalue weighted by Gasteiger charge is -2.27. The average Bonchev–Trinajstić information content (AvgIpc) is 2.27. The number of benzene rings is 1. The lowest BCUT2D eigenvalue weighted by molar-refractivity contribution is 0.270. The van der Waals surface area contributed by atoms with Crippen LogP contribution in [0.4, 0.5) is 11.4 Å². The zero-order valence-electron chi connectivity index (χ0n) is 9.40. The molecule has 0 aliphatic heterocycles. The van der Waals surface area contributed by atoms with Crippen LogP contribution in [0.25, 0.3) is 0 Å². The summed E-state index contributed by atoms with van der Waals surface area (Å²) < 4.78 is 5.14. The van der Waals surface area contributed by atoms with E-state index < -0.39 is 0 Å². The second-order valence-corrected chi connectivity index (χ2v) is 3.54. The monoisotopic (exact) mass is 210 g/mol. The van der Waals surface area contributed by atoms with E-state index in [1.807, 2.05) is 37.1 Å². The van der Waals surface area contributed by atoms with Crippen LogP contribution in [0.3, 0.4) is 0 Å². The number of aliphatic hydroxyl groups is 1. The van der Waals surface area contributed by atoms with Crippen LogP contribution in [0.1, 0.15) is 6.92 Å². The number of hydrogen-bond donors (Lipinski definition) is 2. The number of methoxy groups -OCH3 is 1. The van der Waals surface area contributed by atoms with Crippen molar-refractivity contribution in [3.05, 3.63) is 18.2 Å². The molecule has 1 unspecified atom stereocenters. The Morgan fingerprint density at radius 1 is 1.53 bits per heavy atom. The fourth-order valence-electron chi connectivity index (χ4n) is 1.38. The Morgan fingerprint density at radius 3 is 2.73 bits per heavy atom. The van der Waals surface area contributed by atoms with E-state index in [-0.39, 0.29) is 12.6 Å². The normalized spacial score (nSPS) is 12.3. The van der Waals surface area contributed by atoms with Crippen molar-refractivity contribution in [1.29, 1.82) is 0 Å². The summed E-state index contributed by atoms with van der Waals surface area (Å²) in [5.41, 5.74) is 7.41.